The van der Waals surface area contributed by atoms with Gasteiger partial charge in [0.2, 0.25) is 0 Å². The second-order valence-electron chi connectivity index (χ2n) is 6.36. The van der Waals surface area contributed by atoms with E-state index in [-0.39, 0.29) is 17.4 Å². The quantitative estimate of drug-likeness (QED) is 0.584. The number of ketones is 1. The summed E-state index contributed by atoms with van der Waals surface area (Å²) in [6.45, 7) is 12.7. The predicted molar refractivity (Wildman–Crippen MR) is 89.6 cm³/mol. The molecule has 0 atom stereocenters. The first-order valence-electron chi connectivity index (χ1n) is 7.68. The van der Waals surface area contributed by atoms with Crippen LogP contribution in [-0.4, -0.2) is 28.1 Å². The Morgan fingerprint density at radius 3 is 2.24 bits per heavy atom. The first-order chi connectivity index (χ1) is 9.76. The van der Waals surface area contributed by atoms with Crippen LogP contribution in [0.5, 0.6) is 0 Å². The second kappa shape index (κ2) is 7.39. The zero-order valence-corrected chi connectivity index (χ0v) is 14.2. The van der Waals surface area contributed by atoms with Crippen molar-refractivity contribution >= 4 is 11.6 Å². The number of rotatable bonds is 6. The minimum absolute atomic E-state index is 0.0288. The van der Waals surface area contributed by atoms with Crippen LogP contribution in [0.2, 0.25) is 0 Å². The Bertz CT molecular complexity index is 489. The lowest BCUT2D eigenvalue weighted by molar-refractivity contribution is -0.111. The fourth-order valence-corrected chi connectivity index (χ4v) is 1.99. The average Bonchev–Trinajstić information content (AvgIpc) is 2.43. The Hall–Kier alpha value is -1.64. The van der Waals surface area contributed by atoms with E-state index < -0.39 is 0 Å². The molecule has 1 aromatic carbocycles. The largest absolute Gasteiger partial charge is 0.347 e. The molecule has 0 bridgehead atoms. The van der Waals surface area contributed by atoms with Crippen LogP contribution < -0.4 is 0 Å². The molecule has 0 aliphatic heterocycles. The molecule has 0 N–H and O–H groups in total. The van der Waals surface area contributed by atoms with Crippen molar-refractivity contribution in [3.05, 3.63) is 35.9 Å². The van der Waals surface area contributed by atoms with E-state index in [0.29, 0.717) is 12.4 Å². The van der Waals surface area contributed by atoms with E-state index in [1.54, 1.807) is 6.92 Å². The minimum Gasteiger partial charge on any atom is -0.347 e. The third-order valence-electron chi connectivity index (χ3n) is 3.68. The van der Waals surface area contributed by atoms with Gasteiger partial charge in [0.05, 0.1) is 5.54 Å². The van der Waals surface area contributed by atoms with Gasteiger partial charge in [0.15, 0.2) is 11.6 Å². The highest BCUT2D eigenvalue weighted by Crippen LogP contribution is 2.17. The van der Waals surface area contributed by atoms with Gasteiger partial charge in [0, 0.05) is 19.5 Å². The maximum Gasteiger partial charge on any atom is 0.194 e. The molecule has 3 nitrogen and oxygen atoms in total. The molecule has 0 spiro atoms. The zero-order valence-electron chi connectivity index (χ0n) is 14.2. The highest BCUT2D eigenvalue weighted by atomic mass is 16.1. The van der Waals surface area contributed by atoms with Crippen LogP contribution in [0.15, 0.2) is 35.3 Å². The maximum absolute atomic E-state index is 12.1. The predicted octanol–water partition coefficient (Wildman–Crippen LogP) is 4.07. The van der Waals surface area contributed by atoms with Gasteiger partial charge >= 0.3 is 0 Å². The molecule has 0 aliphatic carbocycles. The standard InChI is InChI=1S/C18H28N2O/c1-7-18(5,6)19-17(15(4)21)20(14(2)3)13-16-11-9-8-10-12-16/h8-12,14H,7,13H2,1-6H3/b19-17-. The Morgan fingerprint density at radius 1 is 1.24 bits per heavy atom. The lowest BCUT2D eigenvalue weighted by Crippen LogP contribution is -2.41. The van der Waals surface area contributed by atoms with Crippen LogP contribution in [0, 0.1) is 0 Å². The number of aliphatic imine (C=N–C) groups is 1. The molecule has 0 amide bonds. The summed E-state index contributed by atoms with van der Waals surface area (Å²) in [6, 6.07) is 10.4. The highest BCUT2D eigenvalue weighted by molar-refractivity contribution is 6.37. The molecule has 0 heterocycles. The van der Waals surface area contributed by atoms with Crippen molar-refractivity contribution in [1.29, 1.82) is 0 Å². The summed E-state index contributed by atoms with van der Waals surface area (Å²) < 4.78 is 0. The van der Waals surface area contributed by atoms with Crippen LogP contribution in [0.1, 0.15) is 53.5 Å². The Labute approximate surface area is 129 Å². The number of Topliss-reactive ketones (excluding diaryl/α,β-unsaturated/α-hetero) is 1. The van der Waals surface area contributed by atoms with Crippen LogP contribution in [0.3, 0.4) is 0 Å². The third kappa shape index (κ3) is 5.33. The summed E-state index contributed by atoms with van der Waals surface area (Å²) in [7, 11) is 0. The smallest absolute Gasteiger partial charge is 0.194 e. The third-order valence-corrected chi connectivity index (χ3v) is 3.68. The zero-order chi connectivity index (χ0) is 16.0. The van der Waals surface area contributed by atoms with Crippen molar-refractivity contribution in [3.63, 3.8) is 0 Å². The van der Waals surface area contributed by atoms with Gasteiger partial charge in [0.1, 0.15) is 0 Å². The molecule has 0 aromatic heterocycles. The van der Waals surface area contributed by atoms with Gasteiger partial charge in [0.25, 0.3) is 0 Å². The first kappa shape index (κ1) is 17.4. The topological polar surface area (TPSA) is 32.7 Å². The Kier molecular flexibility index (Phi) is 6.13. The number of benzene rings is 1. The molecular formula is C18H28N2O. The van der Waals surface area contributed by atoms with E-state index in [4.69, 9.17) is 4.99 Å². The first-order valence-corrected chi connectivity index (χ1v) is 7.68. The highest BCUT2D eigenvalue weighted by Gasteiger charge is 2.23. The van der Waals surface area contributed by atoms with Crippen molar-refractivity contribution in [2.45, 2.75) is 66.1 Å². The molecule has 0 aliphatic rings. The molecule has 0 saturated heterocycles. The molecule has 3 heteroatoms. The number of carbonyl (C=O) groups excluding carboxylic acids is 1. The van der Waals surface area contributed by atoms with Crippen molar-refractivity contribution in [2.75, 3.05) is 0 Å². The molecule has 0 fully saturated rings. The van der Waals surface area contributed by atoms with Gasteiger partial charge < -0.3 is 4.90 Å². The van der Waals surface area contributed by atoms with E-state index in [9.17, 15) is 4.79 Å². The van der Waals surface area contributed by atoms with Gasteiger partial charge in [-0.05, 0) is 39.7 Å². The number of nitrogens with zero attached hydrogens (tertiary/aromatic N) is 2. The number of carbonyl (C=O) groups is 1. The van der Waals surface area contributed by atoms with Gasteiger partial charge in [-0.3, -0.25) is 9.79 Å². The van der Waals surface area contributed by atoms with E-state index in [1.807, 2.05) is 18.2 Å². The van der Waals surface area contributed by atoms with Crippen molar-refractivity contribution in [2.24, 2.45) is 4.99 Å². The summed E-state index contributed by atoms with van der Waals surface area (Å²) in [4.78, 5) is 18.9. The Balaban J connectivity index is 3.13. The van der Waals surface area contributed by atoms with Gasteiger partial charge in [-0.25, -0.2) is 0 Å². The lowest BCUT2D eigenvalue weighted by Gasteiger charge is -2.31. The molecule has 1 rings (SSSR count). The van der Waals surface area contributed by atoms with Crippen LogP contribution in [0.4, 0.5) is 0 Å². The van der Waals surface area contributed by atoms with Gasteiger partial charge in [-0.15, -0.1) is 0 Å². The SMILES string of the molecule is CCC(C)(C)/N=C(/C(C)=O)N(Cc1ccccc1)C(C)C. The average molecular weight is 288 g/mol. The van der Waals surface area contributed by atoms with E-state index in [0.717, 1.165) is 6.42 Å². The molecule has 0 saturated carbocycles. The number of amidine groups is 1. The van der Waals surface area contributed by atoms with Crippen molar-refractivity contribution in [1.82, 2.24) is 4.90 Å². The molecular weight excluding hydrogens is 260 g/mol. The molecule has 116 valence electrons. The maximum atomic E-state index is 12.1. The fraction of sp³-hybridized carbons (Fsp3) is 0.556. The normalized spacial score (nSPS) is 12.6. The molecule has 0 radical (unpaired) electrons. The van der Waals surface area contributed by atoms with Crippen LogP contribution in [0.25, 0.3) is 0 Å². The second-order valence-corrected chi connectivity index (χ2v) is 6.36. The van der Waals surface area contributed by atoms with E-state index >= 15 is 0 Å². The number of hydrogen-bond acceptors (Lipinski definition) is 2. The van der Waals surface area contributed by atoms with E-state index in [1.165, 1.54) is 5.56 Å². The summed E-state index contributed by atoms with van der Waals surface area (Å²) in [5.41, 5.74) is 0.972. The van der Waals surface area contributed by atoms with Crippen molar-refractivity contribution < 1.29 is 4.79 Å². The van der Waals surface area contributed by atoms with Crippen LogP contribution in [-0.2, 0) is 11.3 Å². The molecule has 21 heavy (non-hydrogen) atoms. The Morgan fingerprint density at radius 2 is 1.81 bits per heavy atom. The summed E-state index contributed by atoms with van der Waals surface area (Å²) in [5.74, 6) is 0.613. The van der Waals surface area contributed by atoms with E-state index in [2.05, 4.69) is 51.7 Å². The summed E-state index contributed by atoms with van der Waals surface area (Å²) in [6.07, 6.45) is 0.904. The summed E-state index contributed by atoms with van der Waals surface area (Å²) >= 11 is 0. The molecule has 1 aromatic rings. The van der Waals surface area contributed by atoms with Crippen molar-refractivity contribution in [3.8, 4) is 0 Å². The molecule has 0 unspecified atom stereocenters. The van der Waals surface area contributed by atoms with Gasteiger partial charge in [-0.2, -0.15) is 0 Å². The van der Waals surface area contributed by atoms with Gasteiger partial charge in [-0.1, -0.05) is 37.3 Å². The summed E-state index contributed by atoms with van der Waals surface area (Å²) in [5, 5.41) is 0. The monoisotopic (exact) mass is 288 g/mol. The fourth-order valence-electron chi connectivity index (χ4n) is 1.99. The number of hydrogen-bond donors (Lipinski definition) is 0. The minimum atomic E-state index is -0.217. The van der Waals surface area contributed by atoms with Crippen LogP contribution >= 0.6 is 0 Å². The lowest BCUT2D eigenvalue weighted by atomic mass is 10.0.